The Morgan fingerprint density at radius 2 is 1.85 bits per heavy atom. The summed E-state index contributed by atoms with van der Waals surface area (Å²) >= 11 is 0. The van der Waals surface area contributed by atoms with Gasteiger partial charge in [0.25, 0.3) is 0 Å². The average molecular weight is 464 g/mol. The van der Waals surface area contributed by atoms with Crippen molar-refractivity contribution in [1.29, 1.82) is 0 Å². The quantitative estimate of drug-likeness (QED) is 0.374. The number of hydrogen-bond acceptors (Lipinski definition) is 4. The molecule has 0 aliphatic heterocycles. The number of hydrogen-bond donors (Lipinski definition) is 3. The molecule has 0 spiro atoms. The van der Waals surface area contributed by atoms with Crippen LogP contribution in [0.2, 0.25) is 0 Å². The Hall–Kier alpha value is -3.23. The number of ether oxygens (including phenoxy) is 1. The number of rotatable bonds is 6. The maximum atomic E-state index is 12.2. The van der Waals surface area contributed by atoms with E-state index in [1.165, 1.54) is 56.4 Å². The Morgan fingerprint density at radius 3 is 2.42 bits per heavy atom. The van der Waals surface area contributed by atoms with Crippen molar-refractivity contribution >= 4 is 28.6 Å². The lowest BCUT2D eigenvalue weighted by Gasteiger charge is -2.15. The summed E-state index contributed by atoms with van der Waals surface area (Å²) in [5.41, 5.74) is 2.81. The predicted octanol–water partition coefficient (Wildman–Crippen LogP) is 6.81. The summed E-state index contributed by atoms with van der Waals surface area (Å²) in [4.78, 5) is 18.0. The summed E-state index contributed by atoms with van der Waals surface area (Å²) in [6.45, 7) is 2.36. The van der Waals surface area contributed by atoms with Crippen LogP contribution in [0, 0.1) is 5.92 Å². The minimum Gasteiger partial charge on any atom is -0.481 e. The average Bonchev–Trinajstić information content (AvgIpc) is 3.15. The monoisotopic (exact) mass is 463 g/mol. The number of anilines is 2. The molecule has 1 aliphatic carbocycles. The lowest BCUT2D eigenvalue weighted by Crippen LogP contribution is -2.16. The normalized spacial score (nSPS) is 14.4. The second-order valence-electron chi connectivity index (χ2n) is 8.27. The van der Waals surface area contributed by atoms with Crippen molar-refractivity contribution < 1.29 is 27.8 Å². The number of carbonyl (C=O) groups is 1. The van der Waals surface area contributed by atoms with Gasteiger partial charge in [0, 0.05) is 12.1 Å². The minimum absolute atomic E-state index is 0.0388. The number of nitrogens with zero attached hydrogens (tertiary/aromatic N) is 1. The first-order chi connectivity index (χ1) is 15.7. The van der Waals surface area contributed by atoms with Crippen molar-refractivity contribution in [1.82, 2.24) is 9.97 Å². The van der Waals surface area contributed by atoms with Crippen LogP contribution in [0.15, 0.2) is 42.5 Å². The van der Waals surface area contributed by atoms with E-state index in [4.69, 9.17) is 5.11 Å². The zero-order chi connectivity index (χ0) is 23.8. The SMILES string of the molecule is CC1CCCCC1.O=C(O)CCc1ccc2nc(Nc3ccc(OC(F)(F)F)cc3)[nH]c2c1. The van der Waals surface area contributed by atoms with Gasteiger partial charge in [-0.15, -0.1) is 13.2 Å². The molecule has 1 fully saturated rings. The summed E-state index contributed by atoms with van der Waals surface area (Å²) < 4.78 is 40.3. The molecule has 178 valence electrons. The van der Waals surface area contributed by atoms with Crippen LogP contribution in [0.1, 0.15) is 51.0 Å². The highest BCUT2D eigenvalue weighted by atomic mass is 19.4. The van der Waals surface area contributed by atoms with Gasteiger partial charge >= 0.3 is 12.3 Å². The molecule has 3 N–H and O–H groups in total. The molecule has 1 heterocycles. The molecule has 2 aromatic carbocycles. The van der Waals surface area contributed by atoms with Gasteiger partial charge in [-0.1, -0.05) is 45.1 Å². The van der Waals surface area contributed by atoms with Crippen LogP contribution in [0.5, 0.6) is 5.75 Å². The second kappa shape index (κ2) is 11.1. The van der Waals surface area contributed by atoms with Gasteiger partial charge in [-0.3, -0.25) is 4.79 Å². The van der Waals surface area contributed by atoms with Crippen LogP contribution in [-0.2, 0) is 11.2 Å². The number of aryl methyl sites for hydroxylation is 1. The number of carboxylic acids is 1. The fraction of sp³-hybridized carbons (Fsp3) is 0.417. The second-order valence-corrected chi connectivity index (χ2v) is 8.27. The topological polar surface area (TPSA) is 87.2 Å². The van der Waals surface area contributed by atoms with Crippen molar-refractivity contribution in [2.24, 2.45) is 5.92 Å². The number of benzene rings is 2. The molecule has 1 aliphatic rings. The van der Waals surface area contributed by atoms with Crippen LogP contribution in [0.25, 0.3) is 11.0 Å². The Balaban J connectivity index is 0.000000374. The van der Waals surface area contributed by atoms with Gasteiger partial charge in [0.1, 0.15) is 5.75 Å². The molecule has 3 aromatic rings. The fourth-order valence-corrected chi connectivity index (χ4v) is 3.71. The van der Waals surface area contributed by atoms with Gasteiger partial charge < -0.3 is 20.1 Å². The standard InChI is InChI=1S/C17H14F3N3O3.C7H14/c18-17(19,20)26-12-5-3-11(4-6-12)21-16-22-13-7-1-10(2-8-15(24)25)9-14(13)23-16;1-7-5-3-2-4-6-7/h1,3-7,9H,2,8H2,(H,24,25)(H2,21,22,23);7H,2-6H2,1H3. The maximum Gasteiger partial charge on any atom is 0.573 e. The first-order valence-electron chi connectivity index (χ1n) is 11.0. The van der Waals surface area contributed by atoms with Gasteiger partial charge in [-0.05, 0) is 54.3 Å². The Labute approximate surface area is 190 Å². The van der Waals surface area contributed by atoms with Gasteiger partial charge in [-0.2, -0.15) is 0 Å². The Morgan fingerprint density at radius 1 is 1.15 bits per heavy atom. The summed E-state index contributed by atoms with van der Waals surface area (Å²) in [7, 11) is 0. The van der Waals surface area contributed by atoms with Crippen LogP contribution in [-0.4, -0.2) is 27.4 Å². The number of fused-ring (bicyclic) bond motifs is 1. The smallest absolute Gasteiger partial charge is 0.481 e. The Bertz CT molecular complexity index is 1040. The van der Waals surface area contributed by atoms with Crippen molar-refractivity contribution in [3.8, 4) is 5.75 Å². The molecular weight excluding hydrogens is 435 g/mol. The maximum absolute atomic E-state index is 12.2. The zero-order valence-corrected chi connectivity index (χ0v) is 18.4. The number of imidazole rings is 1. The molecule has 0 radical (unpaired) electrons. The van der Waals surface area contributed by atoms with Crippen LogP contribution >= 0.6 is 0 Å². The Kier molecular flexibility index (Phi) is 8.19. The molecule has 0 amide bonds. The third kappa shape index (κ3) is 8.32. The molecule has 1 aromatic heterocycles. The molecule has 0 atom stereocenters. The summed E-state index contributed by atoms with van der Waals surface area (Å²) in [6.07, 6.45) is 3.16. The zero-order valence-electron chi connectivity index (χ0n) is 18.4. The van der Waals surface area contributed by atoms with E-state index in [-0.39, 0.29) is 12.2 Å². The van der Waals surface area contributed by atoms with Gasteiger partial charge in [0.15, 0.2) is 0 Å². The molecule has 9 heteroatoms. The molecule has 0 saturated heterocycles. The highest BCUT2D eigenvalue weighted by molar-refractivity contribution is 5.79. The summed E-state index contributed by atoms with van der Waals surface area (Å²) in [5, 5.41) is 11.7. The predicted molar refractivity (Wildman–Crippen MR) is 121 cm³/mol. The van der Waals surface area contributed by atoms with Crippen molar-refractivity contribution in [3.05, 3.63) is 48.0 Å². The van der Waals surface area contributed by atoms with E-state index in [0.29, 0.717) is 23.6 Å². The van der Waals surface area contributed by atoms with Crippen LogP contribution in [0.4, 0.5) is 24.8 Å². The van der Waals surface area contributed by atoms with Crippen molar-refractivity contribution in [3.63, 3.8) is 0 Å². The number of H-pyrrole nitrogens is 1. The number of carboxylic acid groups (broad SMARTS) is 1. The van der Waals surface area contributed by atoms with E-state index < -0.39 is 12.3 Å². The summed E-state index contributed by atoms with van der Waals surface area (Å²) in [5.74, 6) is 0.277. The molecule has 4 rings (SSSR count). The highest BCUT2D eigenvalue weighted by Crippen LogP contribution is 2.26. The van der Waals surface area contributed by atoms with E-state index in [1.54, 1.807) is 12.1 Å². The van der Waals surface area contributed by atoms with Crippen LogP contribution < -0.4 is 10.1 Å². The van der Waals surface area contributed by atoms with Gasteiger partial charge in [0.05, 0.1) is 11.0 Å². The van der Waals surface area contributed by atoms with E-state index in [9.17, 15) is 18.0 Å². The molecule has 0 bridgehead atoms. The largest absolute Gasteiger partial charge is 0.573 e. The lowest BCUT2D eigenvalue weighted by molar-refractivity contribution is -0.274. The highest BCUT2D eigenvalue weighted by Gasteiger charge is 2.30. The first-order valence-corrected chi connectivity index (χ1v) is 11.0. The van der Waals surface area contributed by atoms with Crippen molar-refractivity contribution in [2.75, 3.05) is 5.32 Å². The third-order valence-electron chi connectivity index (χ3n) is 5.42. The van der Waals surface area contributed by atoms with E-state index >= 15 is 0 Å². The number of aromatic amines is 1. The molecule has 33 heavy (non-hydrogen) atoms. The molecule has 1 saturated carbocycles. The number of aromatic nitrogens is 2. The van der Waals surface area contributed by atoms with Gasteiger partial charge in [0.2, 0.25) is 5.95 Å². The molecule has 6 nitrogen and oxygen atoms in total. The molecular formula is C24H28F3N3O3. The fourth-order valence-electron chi connectivity index (χ4n) is 3.71. The third-order valence-corrected chi connectivity index (χ3v) is 5.42. The minimum atomic E-state index is -4.73. The summed E-state index contributed by atoms with van der Waals surface area (Å²) in [6, 6.07) is 10.7. The van der Waals surface area contributed by atoms with Crippen LogP contribution in [0.3, 0.4) is 0 Å². The first kappa shape index (κ1) is 24.4. The van der Waals surface area contributed by atoms with Crippen molar-refractivity contribution in [2.45, 2.75) is 58.2 Å². The van der Waals surface area contributed by atoms with Gasteiger partial charge in [-0.25, -0.2) is 4.98 Å². The van der Waals surface area contributed by atoms with E-state index in [2.05, 4.69) is 26.9 Å². The van der Waals surface area contributed by atoms with E-state index in [0.717, 1.165) is 17.0 Å². The number of alkyl halides is 3. The molecule has 0 unspecified atom stereocenters. The number of nitrogens with one attached hydrogen (secondary N) is 2. The van der Waals surface area contributed by atoms with E-state index in [1.807, 2.05) is 6.07 Å². The number of aliphatic carboxylic acids is 1. The number of halogens is 3. The lowest BCUT2D eigenvalue weighted by atomic mass is 9.91.